The topological polar surface area (TPSA) is 56.8 Å². The van der Waals surface area contributed by atoms with Crippen LogP contribution in [0.1, 0.15) is 32.3 Å². The van der Waals surface area contributed by atoms with Gasteiger partial charge in [0.25, 0.3) is 0 Å². The molecule has 1 amide bonds. The maximum atomic E-state index is 13.2. The third kappa shape index (κ3) is 4.64. The predicted molar refractivity (Wildman–Crippen MR) is 115 cm³/mol. The number of nitrogens with zero attached hydrogens (tertiary/aromatic N) is 2. The van der Waals surface area contributed by atoms with Crippen LogP contribution in [0.25, 0.3) is 0 Å². The number of carbonyl (C=O) groups is 1. The zero-order valence-corrected chi connectivity index (χ0v) is 17.9. The Balaban J connectivity index is 1.71. The van der Waals surface area contributed by atoms with Gasteiger partial charge in [0.1, 0.15) is 0 Å². The Labute approximate surface area is 173 Å². The molecule has 1 aromatic rings. The molecule has 0 aliphatic carbocycles. The van der Waals surface area contributed by atoms with E-state index in [-0.39, 0.29) is 17.6 Å². The number of hydrogen-bond donors (Lipinski definition) is 2. The van der Waals surface area contributed by atoms with Gasteiger partial charge < -0.3 is 19.9 Å². The molecule has 2 aliphatic heterocycles. The van der Waals surface area contributed by atoms with Crippen LogP contribution in [0, 0.1) is 0 Å². The molecule has 1 atom stereocenters. The van der Waals surface area contributed by atoms with E-state index in [9.17, 15) is 4.79 Å². The predicted octanol–water partition coefficient (Wildman–Crippen LogP) is 1.75. The van der Waals surface area contributed by atoms with Crippen LogP contribution in [0.5, 0.6) is 0 Å². The van der Waals surface area contributed by atoms with E-state index >= 15 is 0 Å². The molecule has 0 radical (unpaired) electrons. The normalized spacial score (nSPS) is 21.6. The van der Waals surface area contributed by atoms with Crippen molar-refractivity contribution in [3.63, 3.8) is 0 Å². The number of benzene rings is 1. The number of rotatable bonds is 6. The molecule has 2 heterocycles. The lowest BCUT2D eigenvalue weighted by Crippen LogP contribution is -2.61. The smallest absolute Gasteiger partial charge is 0.241 e. The zero-order chi connectivity index (χ0) is 20.1. The molecule has 2 N–H and O–H groups in total. The minimum Gasteiger partial charge on any atom is -0.383 e. The van der Waals surface area contributed by atoms with Gasteiger partial charge in [0, 0.05) is 45.6 Å². The molecule has 0 unspecified atom stereocenters. The van der Waals surface area contributed by atoms with Crippen LogP contribution in [-0.4, -0.2) is 71.9 Å². The average Bonchev–Trinajstić information content (AvgIpc) is 2.91. The van der Waals surface area contributed by atoms with Crippen LogP contribution < -0.4 is 10.6 Å². The first-order valence-electron chi connectivity index (χ1n) is 10.1. The Kier molecular flexibility index (Phi) is 6.91. The minimum absolute atomic E-state index is 0.178. The van der Waals surface area contributed by atoms with Gasteiger partial charge >= 0.3 is 0 Å². The average molecular weight is 405 g/mol. The van der Waals surface area contributed by atoms with Gasteiger partial charge in [-0.1, -0.05) is 30.3 Å². The van der Waals surface area contributed by atoms with Crippen molar-refractivity contribution in [2.45, 2.75) is 50.9 Å². The maximum Gasteiger partial charge on any atom is 0.241 e. The van der Waals surface area contributed by atoms with Crippen LogP contribution in [0.15, 0.2) is 30.3 Å². The molecule has 2 aliphatic rings. The number of piperidine rings is 1. The highest BCUT2D eigenvalue weighted by Gasteiger charge is 2.51. The van der Waals surface area contributed by atoms with E-state index in [1.807, 2.05) is 23.1 Å². The molecular weight excluding hydrogens is 372 g/mol. The van der Waals surface area contributed by atoms with Gasteiger partial charge in [-0.25, -0.2) is 0 Å². The summed E-state index contributed by atoms with van der Waals surface area (Å²) in [5.41, 5.74) is 0.871. The van der Waals surface area contributed by atoms with Gasteiger partial charge in [0.15, 0.2) is 5.11 Å². The van der Waals surface area contributed by atoms with Crippen molar-refractivity contribution in [3.05, 3.63) is 35.9 Å². The van der Waals surface area contributed by atoms with Gasteiger partial charge in [-0.2, -0.15) is 0 Å². The summed E-state index contributed by atoms with van der Waals surface area (Å²) >= 11 is 5.54. The quantitative estimate of drug-likeness (QED) is 0.705. The summed E-state index contributed by atoms with van der Waals surface area (Å²) in [6.45, 7) is 7.01. The van der Waals surface area contributed by atoms with Crippen molar-refractivity contribution in [2.24, 2.45) is 0 Å². The summed E-state index contributed by atoms with van der Waals surface area (Å²) in [6, 6.07) is 10.3. The number of thiocarbonyl (C=S) groups is 1. The second-order valence-electron chi connectivity index (χ2n) is 7.99. The highest BCUT2D eigenvalue weighted by Crippen LogP contribution is 2.33. The Morgan fingerprint density at radius 2 is 2.00 bits per heavy atom. The summed E-state index contributed by atoms with van der Waals surface area (Å²) in [6.07, 6.45) is 2.42. The first-order chi connectivity index (χ1) is 13.4. The standard InChI is InChI=1S/C21H32N4O2S/c1-16(2)22-20(28)24-11-9-21(10-12-24)23-18(15-17-7-5-4-6-8-17)19(26)25(21)13-14-27-3/h4-8,16,18,23H,9-15H2,1-3H3,(H,22,28)/t18-/m1/s1. The van der Waals surface area contributed by atoms with Crippen molar-refractivity contribution in [3.8, 4) is 0 Å². The highest BCUT2D eigenvalue weighted by atomic mass is 32.1. The summed E-state index contributed by atoms with van der Waals surface area (Å²) < 4.78 is 5.28. The highest BCUT2D eigenvalue weighted by molar-refractivity contribution is 7.80. The molecule has 0 aromatic heterocycles. The molecule has 3 rings (SSSR count). The second-order valence-corrected chi connectivity index (χ2v) is 8.38. The van der Waals surface area contributed by atoms with Gasteiger partial charge in [-0.3, -0.25) is 10.1 Å². The Morgan fingerprint density at radius 3 is 2.61 bits per heavy atom. The van der Waals surface area contributed by atoms with Crippen molar-refractivity contribution in [1.29, 1.82) is 0 Å². The molecule has 154 valence electrons. The van der Waals surface area contributed by atoms with E-state index in [2.05, 4.69) is 41.5 Å². The summed E-state index contributed by atoms with van der Waals surface area (Å²) in [5, 5.41) is 7.82. The molecule has 0 bridgehead atoms. The van der Waals surface area contributed by atoms with E-state index < -0.39 is 0 Å². The molecule has 7 heteroatoms. The number of methoxy groups -OCH3 is 1. The van der Waals surface area contributed by atoms with Crippen LogP contribution in [-0.2, 0) is 16.0 Å². The Bertz CT molecular complexity index is 674. The Morgan fingerprint density at radius 1 is 1.32 bits per heavy atom. The van der Waals surface area contributed by atoms with Crippen molar-refractivity contribution < 1.29 is 9.53 Å². The van der Waals surface area contributed by atoms with Crippen LogP contribution in [0.4, 0.5) is 0 Å². The molecule has 2 saturated heterocycles. The first kappa shape index (κ1) is 21.0. The lowest BCUT2D eigenvalue weighted by atomic mass is 9.96. The van der Waals surface area contributed by atoms with Crippen LogP contribution >= 0.6 is 12.2 Å². The fourth-order valence-corrected chi connectivity index (χ4v) is 4.61. The van der Waals surface area contributed by atoms with E-state index in [1.165, 1.54) is 5.56 Å². The summed E-state index contributed by atoms with van der Waals surface area (Å²) in [5.74, 6) is 0.178. The third-order valence-electron chi connectivity index (χ3n) is 5.62. The monoisotopic (exact) mass is 404 g/mol. The van der Waals surface area contributed by atoms with Crippen molar-refractivity contribution in [2.75, 3.05) is 33.4 Å². The van der Waals surface area contributed by atoms with Gasteiger partial charge in [-0.15, -0.1) is 0 Å². The number of carbonyl (C=O) groups excluding carboxylic acids is 1. The van der Waals surface area contributed by atoms with Crippen LogP contribution in [0.2, 0.25) is 0 Å². The van der Waals surface area contributed by atoms with E-state index in [0.29, 0.717) is 25.6 Å². The SMILES string of the molecule is COCCN1C(=O)[C@@H](Cc2ccccc2)NC12CCN(C(=S)NC(C)C)CC2. The minimum atomic E-state index is -0.307. The third-order valence-corrected chi connectivity index (χ3v) is 5.99. The van der Waals surface area contributed by atoms with Gasteiger partial charge in [0.2, 0.25) is 5.91 Å². The fraction of sp³-hybridized carbons (Fsp3) is 0.619. The molecule has 28 heavy (non-hydrogen) atoms. The number of amides is 1. The number of hydrogen-bond acceptors (Lipinski definition) is 4. The molecule has 1 aromatic carbocycles. The molecule has 1 spiro atoms. The lowest BCUT2D eigenvalue weighted by Gasteiger charge is -2.45. The number of likely N-dealkylation sites (tertiary alicyclic amines) is 1. The van der Waals surface area contributed by atoms with Gasteiger partial charge in [-0.05, 0) is 38.0 Å². The lowest BCUT2D eigenvalue weighted by molar-refractivity contribution is -0.134. The van der Waals surface area contributed by atoms with E-state index in [4.69, 9.17) is 17.0 Å². The van der Waals surface area contributed by atoms with Gasteiger partial charge in [0.05, 0.1) is 18.3 Å². The molecule has 0 saturated carbocycles. The fourth-order valence-electron chi connectivity index (χ4n) is 4.19. The Hall–Kier alpha value is -1.70. The van der Waals surface area contributed by atoms with E-state index in [1.54, 1.807) is 7.11 Å². The van der Waals surface area contributed by atoms with Crippen molar-refractivity contribution >= 4 is 23.2 Å². The second kappa shape index (κ2) is 9.20. The summed E-state index contributed by atoms with van der Waals surface area (Å²) in [7, 11) is 1.68. The largest absolute Gasteiger partial charge is 0.383 e. The number of ether oxygens (including phenoxy) is 1. The molecule has 2 fully saturated rings. The number of nitrogens with one attached hydrogen (secondary N) is 2. The molecule has 6 nitrogen and oxygen atoms in total. The maximum absolute atomic E-state index is 13.2. The zero-order valence-electron chi connectivity index (χ0n) is 17.1. The van der Waals surface area contributed by atoms with E-state index in [0.717, 1.165) is 31.0 Å². The first-order valence-corrected chi connectivity index (χ1v) is 10.5. The van der Waals surface area contributed by atoms with Crippen molar-refractivity contribution in [1.82, 2.24) is 20.4 Å². The summed E-state index contributed by atoms with van der Waals surface area (Å²) in [4.78, 5) is 17.4. The molecular formula is C21H32N4O2S. The van der Waals surface area contributed by atoms with Crippen LogP contribution in [0.3, 0.4) is 0 Å².